The molecule has 2 heterocycles. The van der Waals surface area contributed by atoms with Crippen LogP contribution < -0.4 is 15.0 Å². The number of halogens is 1. The van der Waals surface area contributed by atoms with Crippen molar-refractivity contribution < 1.29 is 18.7 Å². The van der Waals surface area contributed by atoms with Crippen LogP contribution in [0.15, 0.2) is 36.4 Å². The van der Waals surface area contributed by atoms with E-state index in [1.807, 2.05) is 6.92 Å². The lowest BCUT2D eigenvalue weighted by molar-refractivity contribution is -0.118. The van der Waals surface area contributed by atoms with Crippen molar-refractivity contribution in [3.8, 4) is 5.75 Å². The molecule has 2 aromatic rings. The van der Waals surface area contributed by atoms with Gasteiger partial charge in [0.2, 0.25) is 0 Å². The van der Waals surface area contributed by atoms with E-state index in [0.717, 1.165) is 24.1 Å². The predicted molar refractivity (Wildman–Crippen MR) is 91.6 cm³/mol. The minimum atomic E-state index is -0.297. The Labute approximate surface area is 144 Å². The van der Waals surface area contributed by atoms with Gasteiger partial charge in [0.25, 0.3) is 11.8 Å². The molecule has 5 nitrogen and oxygen atoms in total. The molecule has 1 N–H and O–H groups in total. The molecule has 0 aromatic heterocycles. The Morgan fingerprint density at radius 3 is 2.96 bits per heavy atom. The van der Waals surface area contributed by atoms with Crippen LogP contribution in [0.2, 0.25) is 0 Å². The van der Waals surface area contributed by atoms with Crippen molar-refractivity contribution in [2.24, 2.45) is 0 Å². The summed E-state index contributed by atoms with van der Waals surface area (Å²) in [5.74, 6) is -0.174. The lowest BCUT2D eigenvalue weighted by Crippen LogP contribution is -2.42. The molecular formula is C19H17FN2O3. The van der Waals surface area contributed by atoms with Crippen LogP contribution in [0.4, 0.5) is 15.8 Å². The third-order valence-corrected chi connectivity index (χ3v) is 4.65. The minimum absolute atomic E-state index is 0.00679. The highest BCUT2D eigenvalue weighted by Crippen LogP contribution is 2.34. The molecular weight excluding hydrogens is 323 g/mol. The first-order valence-corrected chi connectivity index (χ1v) is 8.21. The Morgan fingerprint density at radius 1 is 1.28 bits per heavy atom. The second kappa shape index (κ2) is 5.88. The molecule has 4 rings (SSSR count). The summed E-state index contributed by atoms with van der Waals surface area (Å²) in [5, 5.41) is 2.71. The van der Waals surface area contributed by atoms with Gasteiger partial charge in [-0.3, -0.25) is 9.59 Å². The van der Waals surface area contributed by atoms with E-state index in [-0.39, 0.29) is 30.3 Å². The second-order valence-corrected chi connectivity index (χ2v) is 6.38. The number of nitrogens with one attached hydrogen (secondary N) is 1. The molecule has 0 spiro atoms. The molecule has 2 aromatic carbocycles. The standard InChI is InChI=1S/C19H17FN2O3/c1-11-2-3-12-8-14(20)5-6-16(12)22(11)19(24)13-4-7-17-15(9-13)21-18(23)10-25-17/h4-9,11H,2-3,10H2,1H3,(H,21,23)/t11-/m1/s1. The summed E-state index contributed by atoms with van der Waals surface area (Å²) in [7, 11) is 0. The maximum absolute atomic E-state index is 13.5. The number of hydrogen-bond donors (Lipinski definition) is 1. The summed E-state index contributed by atoms with van der Waals surface area (Å²) < 4.78 is 18.8. The first kappa shape index (κ1) is 15.6. The van der Waals surface area contributed by atoms with Crippen molar-refractivity contribution in [3.63, 3.8) is 0 Å². The first-order valence-electron chi connectivity index (χ1n) is 8.21. The average Bonchev–Trinajstić information content (AvgIpc) is 2.60. The molecule has 2 aliphatic rings. The van der Waals surface area contributed by atoms with Crippen molar-refractivity contribution in [3.05, 3.63) is 53.3 Å². The lowest BCUT2D eigenvalue weighted by atomic mass is 9.95. The van der Waals surface area contributed by atoms with Crippen LogP contribution in [-0.4, -0.2) is 24.5 Å². The first-order chi connectivity index (χ1) is 12.0. The zero-order valence-electron chi connectivity index (χ0n) is 13.7. The Kier molecular flexibility index (Phi) is 3.67. The van der Waals surface area contributed by atoms with E-state index in [9.17, 15) is 14.0 Å². The van der Waals surface area contributed by atoms with E-state index in [2.05, 4.69) is 5.32 Å². The number of aryl methyl sites for hydroxylation is 1. The molecule has 0 unspecified atom stereocenters. The van der Waals surface area contributed by atoms with Crippen molar-refractivity contribution >= 4 is 23.2 Å². The highest BCUT2D eigenvalue weighted by Gasteiger charge is 2.30. The third kappa shape index (κ3) is 2.73. The summed E-state index contributed by atoms with van der Waals surface area (Å²) in [6.07, 6.45) is 1.51. The molecule has 0 bridgehead atoms. The molecule has 0 saturated carbocycles. The van der Waals surface area contributed by atoms with Gasteiger partial charge < -0.3 is 15.0 Å². The topological polar surface area (TPSA) is 58.6 Å². The molecule has 1 atom stereocenters. The van der Waals surface area contributed by atoms with Gasteiger partial charge in [-0.15, -0.1) is 0 Å². The van der Waals surface area contributed by atoms with Gasteiger partial charge in [-0.25, -0.2) is 4.39 Å². The van der Waals surface area contributed by atoms with E-state index in [0.29, 0.717) is 17.0 Å². The molecule has 0 saturated heterocycles. The van der Waals surface area contributed by atoms with E-state index >= 15 is 0 Å². The quantitative estimate of drug-likeness (QED) is 0.868. The molecule has 0 aliphatic carbocycles. The van der Waals surface area contributed by atoms with Crippen LogP contribution in [0.25, 0.3) is 0 Å². The largest absolute Gasteiger partial charge is 0.482 e. The Morgan fingerprint density at radius 2 is 2.12 bits per heavy atom. The number of anilines is 2. The average molecular weight is 340 g/mol. The minimum Gasteiger partial charge on any atom is -0.482 e. The second-order valence-electron chi connectivity index (χ2n) is 6.38. The van der Waals surface area contributed by atoms with Gasteiger partial charge in [0.15, 0.2) is 6.61 Å². The Balaban J connectivity index is 1.72. The number of carbonyl (C=O) groups excluding carboxylic acids is 2. The van der Waals surface area contributed by atoms with Gasteiger partial charge in [0.1, 0.15) is 11.6 Å². The number of ether oxygens (including phenoxy) is 1. The SMILES string of the molecule is C[C@@H]1CCc2cc(F)ccc2N1C(=O)c1ccc2c(c1)NC(=O)CO2. The molecule has 2 amide bonds. The molecule has 6 heteroatoms. The van der Waals surface area contributed by atoms with Crippen LogP contribution in [0.1, 0.15) is 29.3 Å². The molecule has 25 heavy (non-hydrogen) atoms. The van der Waals surface area contributed by atoms with Gasteiger partial charge in [0, 0.05) is 17.3 Å². The summed E-state index contributed by atoms with van der Waals surface area (Å²) in [6.45, 7) is 1.95. The highest BCUT2D eigenvalue weighted by atomic mass is 19.1. The van der Waals surface area contributed by atoms with Crippen LogP contribution in [0.3, 0.4) is 0 Å². The van der Waals surface area contributed by atoms with Crippen molar-refractivity contribution in [2.45, 2.75) is 25.8 Å². The normalized spacial score (nSPS) is 18.7. The molecule has 0 radical (unpaired) electrons. The number of benzene rings is 2. The Bertz CT molecular complexity index is 881. The van der Waals surface area contributed by atoms with Crippen molar-refractivity contribution in [2.75, 3.05) is 16.8 Å². The van der Waals surface area contributed by atoms with Gasteiger partial charge in [-0.2, -0.15) is 0 Å². The monoisotopic (exact) mass is 340 g/mol. The number of nitrogens with zero attached hydrogens (tertiary/aromatic N) is 1. The van der Waals surface area contributed by atoms with Crippen LogP contribution in [0.5, 0.6) is 5.75 Å². The van der Waals surface area contributed by atoms with Crippen LogP contribution >= 0.6 is 0 Å². The number of fused-ring (bicyclic) bond motifs is 2. The maximum Gasteiger partial charge on any atom is 0.262 e. The summed E-state index contributed by atoms with van der Waals surface area (Å²) in [6, 6.07) is 9.51. The van der Waals surface area contributed by atoms with Crippen molar-refractivity contribution in [1.29, 1.82) is 0 Å². The number of amides is 2. The highest BCUT2D eigenvalue weighted by molar-refractivity contribution is 6.08. The fraction of sp³-hybridized carbons (Fsp3) is 0.263. The van der Waals surface area contributed by atoms with Gasteiger partial charge >= 0.3 is 0 Å². The zero-order valence-corrected chi connectivity index (χ0v) is 13.7. The molecule has 0 fully saturated rings. The number of hydrogen-bond acceptors (Lipinski definition) is 3. The third-order valence-electron chi connectivity index (χ3n) is 4.65. The molecule has 2 aliphatic heterocycles. The Hall–Kier alpha value is -2.89. The van der Waals surface area contributed by atoms with E-state index in [4.69, 9.17) is 4.74 Å². The predicted octanol–water partition coefficient (Wildman–Crippen LogP) is 3.14. The summed E-state index contributed by atoms with van der Waals surface area (Å²) in [5.41, 5.74) is 2.52. The zero-order chi connectivity index (χ0) is 17.6. The maximum atomic E-state index is 13.5. The van der Waals surface area contributed by atoms with E-state index in [1.165, 1.54) is 12.1 Å². The summed E-state index contributed by atoms with van der Waals surface area (Å²) in [4.78, 5) is 26.3. The fourth-order valence-corrected chi connectivity index (χ4v) is 3.39. The van der Waals surface area contributed by atoms with Gasteiger partial charge in [0.05, 0.1) is 5.69 Å². The smallest absolute Gasteiger partial charge is 0.262 e. The van der Waals surface area contributed by atoms with Crippen LogP contribution in [-0.2, 0) is 11.2 Å². The fourth-order valence-electron chi connectivity index (χ4n) is 3.39. The van der Waals surface area contributed by atoms with Crippen molar-refractivity contribution in [1.82, 2.24) is 0 Å². The van der Waals surface area contributed by atoms with Gasteiger partial charge in [-0.05, 0) is 61.7 Å². The summed E-state index contributed by atoms with van der Waals surface area (Å²) >= 11 is 0. The van der Waals surface area contributed by atoms with Gasteiger partial charge in [-0.1, -0.05) is 0 Å². The van der Waals surface area contributed by atoms with E-state index in [1.54, 1.807) is 29.2 Å². The van der Waals surface area contributed by atoms with Crippen LogP contribution in [0, 0.1) is 5.82 Å². The number of rotatable bonds is 1. The van der Waals surface area contributed by atoms with E-state index < -0.39 is 0 Å². The molecule has 128 valence electrons. The lowest BCUT2D eigenvalue weighted by Gasteiger charge is -2.35. The number of carbonyl (C=O) groups is 2.